The summed E-state index contributed by atoms with van der Waals surface area (Å²) < 4.78 is 44.0. The number of carbonyl (C=O) groups is 1. The lowest BCUT2D eigenvalue weighted by Crippen LogP contribution is -2.43. The minimum Gasteiger partial charge on any atom is -0.463 e. The summed E-state index contributed by atoms with van der Waals surface area (Å²) in [5.74, 6) is -0.350. The Morgan fingerprint density at radius 3 is 2.15 bits per heavy atom. The third-order valence-electron chi connectivity index (χ3n) is 7.76. The molecule has 4 aromatic rings. The van der Waals surface area contributed by atoms with Gasteiger partial charge in [0.25, 0.3) is 10.0 Å². The van der Waals surface area contributed by atoms with Crippen LogP contribution in [-0.4, -0.2) is 50.7 Å². The van der Waals surface area contributed by atoms with Crippen LogP contribution < -0.4 is 0 Å². The van der Waals surface area contributed by atoms with Gasteiger partial charge in [-0.2, -0.15) is 13.5 Å². The molecule has 1 aliphatic heterocycles. The molecule has 48 heavy (non-hydrogen) atoms. The lowest BCUT2D eigenvalue weighted by atomic mass is 9.85. The fraction of sp³-hybridized carbons (Fsp3) is 0.216. The summed E-state index contributed by atoms with van der Waals surface area (Å²) in [7, 11) is -4.23. The number of hydrazone groups is 1. The van der Waals surface area contributed by atoms with Gasteiger partial charge in [0.2, 0.25) is 0 Å². The molecule has 4 aromatic carbocycles. The number of hydrogen-bond acceptors (Lipinski definition) is 6. The van der Waals surface area contributed by atoms with E-state index in [0.717, 1.165) is 22.3 Å². The lowest BCUT2D eigenvalue weighted by Gasteiger charge is -2.32. The van der Waals surface area contributed by atoms with Crippen LogP contribution in [-0.2, 0) is 29.9 Å². The lowest BCUT2D eigenvalue weighted by molar-refractivity contribution is -0.137. The number of benzene rings is 4. The molecule has 0 radical (unpaired) electrons. The summed E-state index contributed by atoms with van der Waals surface area (Å²) in [5.41, 5.74) is 4.06. The van der Waals surface area contributed by atoms with Gasteiger partial charge in [0.1, 0.15) is 5.71 Å². The Morgan fingerprint density at radius 2 is 1.54 bits per heavy atom. The highest BCUT2D eigenvalue weighted by molar-refractivity contribution is 7.90. The number of nitrogens with zero attached hydrogens (tertiary/aromatic N) is 3. The van der Waals surface area contributed by atoms with Gasteiger partial charge >= 0.3 is 5.97 Å². The largest absolute Gasteiger partial charge is 0.463 e. The second kappa shape index (κ2) is 14.9. The second-order valence-electron chi connectivity index (χ2n) is 11.3. The van der Waals surface area contributed by atoms with Gasteiger partial charge < -0.3 is 9.47 Å². The van der Waals surface area contributed by atoms with Crippen molar-refractivity contribution in [3.05, 3.63) is 147 Å². The Balaban J connectivity index is 1.73. The Hall–Kier alpha value is -4.28. The first-order chi connectivity index (χ1) is 22.9. The van der Waals surface area contributed by atoms with Crippen molar-refractivity contribution >= 4 is 50.7 Å². The van der Waals surface area contributed by atoms with Crippen LogP contribution in [0.1, 0.15) is 40.3 Å². The van der Waals surface area contributed by atoms with E-state index in [9.17, 15) is 13.2 Å². The Morgan fingerprint density at radius 1 is 0.938 bits per heavy atom. The molecule has 0 N–H and O–H groups in total. The van der Waals surface area contributed by atoms with Crippen LogP contribution in [0.3, 0.4) is 0 Å². The maximum absolute atomic E-state index is 13.9. The van der Waals surface area contributed by atoms with E-state index in [0.29, 0.717) is 26.9 Å². The predicted octanol–water partition coefficient (Wildman–Crippen LogP) is 7.81. The molecule has 248 valence electrons. The molecule has 1 aliphatic rings. The number of sulfonamides is 1. The normalized spacial score (nSPS) is 16.8. The number of aryl methyl sites for hydroxylation is 3. The van der Waals surface area contributed by atoms with Crippen molar-refractivity contribution < 1.29 is 22.7 Å². The van der Waals surface area contributed by atoms with Gasteiger partial charge in [-0.3, -0.25) is 0 Å². The fourth-order valence-electron chi connectivity index (χ4n) is 5.73. The van der Waals surface area contributed by atoms with Gasteiger partial charge in [-0.05, 0) is 80.8 Å². The van der Waals surface area contributed by atoms with Crippen molar-refractivity contribution in [3.8, 4) is 0 Å². The maximum Gasteiger partial charge on any atom is 0.330 e. The molecule has 0 fully saturated rings. The van der Waals surface area contributed by atoms with Crippen LogP contribution in [0.2, 0.25) is 10.0 Å². The van der Waals surface area contributed by atoms with Crippen LogP contribution in [0.5, 0.6) is 0 Å². The van der Waals surface area contributed by atoms with E-state index >= 15 is 0 Å². The quantitative estimate of drug-likeness (QED) is 0.0724. The monoisotopic (exact) mass is 703 g/mol. The first kappa shape index (κ1) is 35.0. The van der Waals surface area contributed by atoms with E-state index in [-0.39, 0.29) is 30.5 Å². The van der Waals surface area contributed by atoms with Gasteiger partial charge in [0.05, 0.1) is 24.7 Å². The summed E-state index contributed by atoms with van der Waals surface area (Å²) in [6, 6.07) is 26.6. The van der Waals surface area contributed by atoms with Gasteiger partial charge in [0, 0.05) is 27.2 Å². The van der Waals surface area contributed by atoms with E-state index in [4.69, 9.17) is 37.8 Å². The van der Waals surface area contributed by atoms with Crippen LogP contribution in [0.25, 0.3) is 0 Å². The van der Waals surface area contributed by atoms with Crippen LogP contribution >= 0.6 is 23.2 Å². The third kappa shape index (κ3) is 7.71. The molecular formula is C37H35Cl2N3O5S. The number of hydrogen-bond donors (Lipinski definition) is 0. The minimum absolute atomic E-state index is 0.0115. The van der Waals surface area contributed by atoms with Gasteiger partial charge in [0.15, 0.2) is 11.4 Å². The molecular weight excluding hydrogens is 669 g/mol. The van der Waals surface area contributed by atoms with E-state index in [1.54, 1.807) is 30.1 Å². The van der Waals surface area contributed by atoms with Crippen LogP contribution in [0.4, 0.5) is 0 Å². The van der Waals surface area contributed by atoms with Crippen molar-refractivity contribution in [2.75, 3.05) is 19.8 Å². The molecule has 0 bridgehead atoms. The summed E-state index contributed by atoms with van der Waals surface area (Å²) in [5, 5.41) is 7.62. The molecule has 0 aliphatic carbocycles. The maximum atomic E-state index is 13.9. The van der Waals surface area contributed by atoms with E-state index in [2.05, 4.69) is 4.40 Å². The van der Waals surface area contributed by atoms with Gasteiger partial charge in [-0.25, -0.2) is 9.80 Å². The molecule has 1 atom stereocenters. The molecule has 11 heteroatoms. The number of esters is 1. The van der Waals surface area contributed by atoms with Crippen LogP contribution in [0.15, 0.2) is 118 Å². The second-order valence-corrected chi connectivity index (χ2v) is 13.8. The highest BCUT2D eigenvalue weighted by atomic mass is 35.5. The van der Waals surface area contributed by atoms with Crippen LogP contribution in [0, 0.1) is 20.8 Å². The molecule has 8 nitrogen and oxygen atoms in total. The first-order valence-electron chi connectivity index (χ1n) is 15.3. The van der Waals surface area contributed by atoms with E-state index in [1.165, 1.54) is 30.3 Å². The highest BCUT2D eigenvalue weighted by Gasteiger charge is 2.48. The van der Waals surface area contributed by atoms with Crippen molar-refractivity contribution in [2.24, 2.45) is 9.50 Å². The predicted molar refractivity (Wildman–Crippen MR) is 190 cm³/mol. The van der Waals surface area contributed by atoms with E-state index in [1.807, 2.05) is 75.4 Å². The molecule has 0 saturated carbocycles. The zero-order chi connectivity index (χ0) is 34.5. The standard InChI is InChI=1S/C37H35Cl2N3O5S/c1-5-46-33(43)12-9-21-47-37(29-10-7-6-8-11-29)24-42(40-35(37)28-13-15-30(38)16-14-28)36(34-26(3)22-25(2)23-27(34)4)41-48(44,45)32-19-17-31(39)18-20-32/h6-20,22-23H,5,21,24H2,1-4H3. The number of amidine groups is 1. The molecule has 0 aromatic heterocycles. The van der Waals surface area contributed by atoms with Crippen molar-refractivity contribution in [3.63, 3.8) is 0 Å². The Labute approximate surface area is 291 Å². The zero-order valence-electron chi connectivity index (χ0n) is 27.0. The smallest absolute Gasteiger partial charge is 0.330 e. The summed E-state index contributed by atoms with van der Waals surface area (Å²) in [6.45, 7) is 7.88. The Kier molecular flexibility index (Phi) is 10.9. The van der Waals surface area contributed by atoms with Gasteiger partial charge in [-0.15, -0.1) is 4.40 Å². The minimum atomic E-state index is -4.23. The molecule has 0 amide bonds. The molecule has 0 saturated heterocycles. The molecule has 1 heterocycles. The molecule has 0 spiro atoms. The summed E-state index contributed by atoms with van der Waals surface area (Å²) in [4.78, 5) is 12.1. The number of rotatable bonds is 10. The number of ether oxygens (including phenoxy) is 2. The SMILES string of the molecule is CCOC(=O)C=CCOC1(c2ccccc2)CN(C(=NS(=O)(=O)c2ccc(Cl)cc2)c2c(C)cc(C)cc2C)N=C1c1ccc(Cl)cc1. The molecule has 5 rings (SSSR count). The zero-order valence-corrected chi connectivity index (χ0v) is 29.3. The van der Waals surface area contributed by atoms with Crippen molar-refractivity contribution in [1.82, 2.24) is 5.01 Å². The van der Waals surface area contributed by atoms with E-state index < -0.39 is 21.6 Å². The van der Waals surface area contributed by atoms with Crippen molar-refractivity contribution in [1.29, 1.82) is 0 Å². The summed E-state index contributed by atoms with van der Waals surface area (Å²) in [6.07, 6.45) is 2.90. The van der Waals surface area contributed by atoms with Gasteiger partial charge in [-0.1, -0.05) is 89.4 Å². The third-order valence-corrected chi connectivity index (χ3v) is 9.55. The average molecular weight is 705 g/mol. The average Bonchev–Trinajstić information content (AvgIpc) is 3.44. The number of halogens is 2. The van der Waals surface area contributed by atoms with Crippen molar-refractivity contribution in [2.45, 2.75) is 38.2 Å². The first-order valence-corrected chi connectivity index (χ1v) is 17.5. The fourth-order valence-corrected chi connectivity index (χ4v) is 6.98. The number of carbonyl (C=O) groups excluding carboxylic acids is 1. The topological polar surface area (TPSA) is 97.6 Å². The summed E-state index contributed by atoms with van der Waals surface area (Å²) >= 11 is 12.4. The Bertz CT molecular complexity index is 1970. The molecule has 1 unspecified atom stereocenters. The highest BCUT2D eigenvalue weighted by Crippen LogP contribution is 2.39.